The first-order valence-electron chi connectivity index (χ1n) is 5.33. The van der Waals surface area contributed by atoms with Crippen LogP contribution in [0, 0.1) is 6.92 Å². The van der Waals surface area contributed by atoms with Gasteiger partial charge in [0.15, 0.2) is 0 Å². The number of benzene rings is 1. The van der Waals surface area contributed by atoms with E-state index >= 15 is 0 Å². The molecule has 1 atom stereocenters. The van der Waals surface area contributed by atoms with E-state index in [1.54, 1.807) is 0 Å². The molecule has 0 amide bonds. The minimum absolute atomic E-state index is 0.0835. The van der Waals surface area contributed by atoms with Crippen LogP contribution in [0.4, 0.5) is 5.69 Å². The Kier molecular flexibility index (Phi) is 3.19. The molecule has 0 aliphatic carbocycles. The van der Waals surface area contributed by atoms with Crippen molar-refractivity contribution >= 4 is 27.6 Å². The zero-order valence-electron chi connectivity index (χ0n) is 9.37. The van der Waals surface area contributed by atoms with Gasteiger partial charge in [-0.1, -0.05) is 15.9 Å². The van der Waals surface area contributed by atoms with Crippen molar-refractivity contribution in [3.8, 4) is 0 Å². The number of hydrogen-bond acceptors (Lipinski definition) is 3. The van der Waals surface area contributed by atoms with E-state index in [-0.39, 0.29) is 12.0 Å². The van der Waals surface area contributed by atoms with Gasteiger partial charge in [0.1, 0.15) is 6.04 Å². The first kappa shape index (κ1) is 11.5. The third-order valence-electron chi connectivity index (χ3n) is 2.64. The Bertz CT molecular complexity index is 419. The van der Waals surface area contributed by atoms with E-state index in [0.29, 0.717) is 6.61 Å². The maximum atomic E-state index is 11.5. The van der Waals surface area contributed by atoms with Gasteiger partial charge in [0, 0.05) is 10.2 Å². The predicted molar refractivity (Wildman–Crippen MR) is 66.6 cm³/mol. The molecule has 0 bridgehead atoms. The van der Waals surface area contributed by atoms with E-state index < -0.39 is 0 Å². The topological polar surface area (TPSA) is 29.3 Å². The van der Waals surface area contributed by atoms with Crippen molar-refractivity contribution in [3.63, 3.8) is 0 Å². The van der Waals surface area contributed by atoms with Gasteiger partial charge in [-0.3, -0.25) is 0 Å². The van der Waals surface area contributed by atoms with Crippen LogP contribution in [-0.4, -0.2) is 25.2 Å². The highest BCUT2D eigenvalue weighted by molar-refractivity contribution is 9.10. The van der Waals surface area contributed by atoms with E-state index in [9.17, 15) is 4.79 Å². The number of carbonyl (C=O) groups is 1. The van der Waals surface area contributed by atoms with Gasteiger partial charge >= 0.3 is 5.97 Å². The highest BCUT2D eigenvalue weighted by Crippen LogP contribution is 2.32. The molecule has 1 aromatic carbocycles. The Labute approximate surface area is 104 Å². The lowest BCUT2D eigenvalue weighted by Crippen LogP contribution is -2.16. The van der Waals surface area contributed by atoms with Crippen molar-refractivity contribution in [1.29, 1.82) is 0 Å². The number of esters is 1. The molecule has 0 aromatic heterocycles. The Morgan fingerprint density at radius 2 is 2.38 bits per heavy atom. The molecule has 1 saturated heterocycles. The number of hydrogen-bond donors (Lipinski definition) is 0. The molecular formula is C12H14BrNO2. The number of anilines is 1. The molecule has 1 fully saturated rings. The summed E-state index contributed by atoms with van der Waals surface area (Å²) in [4.78, 5) is 13.5. The molecule has 1 aliphatic heterocycles. The maximum Gasteiger partial charge on any atom is 0.330 e. The molecule has 1 unspecified atom stereocenters. The summed E-state index contributed by atoms with van der Waals surface area (Å²) in [7, 11) is 0. The molecule has 0 saturated carbocycles. The molecule has 0 spiro atoms. The van der Waals surface area contributed by atoms with E-state index in [0.717, 1.165) is 16.7 Å². The molecule has 3 nitrogen and oxygen atoms in total. The zero-order valence-corrected chi connectivity index (χ0v) is 11.0. The Morgan fingerprint density at radius 1 is 1.62 bits per heavy atom. The fraction of sp³-hybridized carbons (Fsp3) is 0.417. The first-order valence-corrected chi connectivity index (χ1v) is 6.12. The van der Waals surface area contributed by atoms with Crippen molar-refractivity contribution in [2.24, 2.45) is 0 Å². The summed E-state index contributed by atoms with van der Waals surface area (Å²) in [6, 6.07) is 5.98. The van der Waals surface area contributed by atoms with Gasteiger partial charge < -0.3 is 9.64 Å². The molecule has 1 aromatic rings. The highest BCUT2D eigenvalue weighted by Gasteiger charge is 2.42. The largest absolute Gasteiger partial charge is 0.464 e. The van der Waals surface area contributed by atoms with Crippen LogP contribution < -0.4 is 4.90 Å². The lowest BCUT2D eigenvalue weighted by Gasteiger charge is -2.09. The smallest absolute Gasteiger partial charge is 0.330 e. The fourth-order valence-electron chi connectivity index (χ4n) is 1.79. The third kappa shape index (κ3) is 2.21. The summed E-state index contributed by atoms with van der Waals surface area (Å²) in [6.45, 7) is 5.08. The second-order valence-electron chi connectivity index (χ2n) is 3.85. The van der Waals surface area contributed by atoms with Crippen LogP contribution in [0.15, 0.2) is 22.7 Å². The van der Waals surface area contributed by atoms with Crippen LogP contribution in [0.1, 0.15) is 12.5 Å². The summed E-state index contributed by atoms with van der Waals surface area (Å²) in [5.41, 5.74) is 2.28. The van der Waals surface area contributed by atoms with Crippen LogP contribution in [0.25, 0.3) is 0 Å². The van der Waals surface area contributed by atoms with Gasteiger partial charge in [0.2, 0.25) is 0 Å². The van der Waals surface area contributed by atoms with Gasteiger partial charge in [-0.2, -0.15) is 0 Å². The molecular weight excluding hydrogens is 270 g/mol. The molecule has 2 rings (SSSR count). The Balaban J connectivity index is 2.08. The zero-order chi connectivity index (χ0) is 11.7. The van der Waals surface area contributed by atoms with Gasteiger partial charge in [-0.05, 0) is 37.6 Å². The minimum Gasteiger partial charge on any atom is -0.464 e. The lowest BCUT2D eigenvalue weighted by molar-refractivity contribution is -0.142. The SMILES string of the molecule is CCOC(=O)C1CN1c1ccc(Br)cc1C. The molecule has 16 heavy (non-hydrogen) atoms. The van der Waals surface area contributed by atoms with Gasteiger partial charge in [-0.15, -0.1) is 0 Å². The van der Waals surface area contributed by atoms with Crippen molar-refractivity contribution in [2.45, 2.75) is 19.9 Å². The fourth-order valence-corrected chi connectivity index (χ4v) is 2.26. The second-order valence-corrected chi connectivity index (χ2v) is 4.77. The van der Waals surface area contributed by atoms with Gasteiger partial charge in [0.05, 0.1) is 13.2 Å². The average Bonchev–Trinajstić information content (AvgIpc) is 2.98. The summed E-state index contributed by atoms with van der Waals surface area (Å²) in [5.74, 6) is -0.121. The van der Waals surface area contributed by atoms with Crippen LogP contribution >= 0.6 is 15.9 Å². The van der Waals surface area contributed by atoms with Crippen molar-refractivity contribution in [2.75, 3.05) is 18.1 Å². The Hall–Kier alpha value is -1.03. The second kappa shape index (κ2) is 4.45. The monoisotopic (exact) mass is 283 g/mol. The molecule has 4 heteroatoms. The van der Waals surface area contributed by atoms with E-state index in [4.69, 9.17) is 4.74 Å². The van der Waals surface area contributed by atoms with Crippen LogP contribution in [0.2, 0.25) is 0 Å². The predicted octanol–water partition coefficient (Wildman–Crippen LogP) is 2.51. The number of carbonyl (C=O) groups excluding carboxylic acids is 1. The summed E-state index contributed by atoms with van der Waals surface area (Å²) in [6.07, 6.45) is 0. The molecule has 1 heterocycles. The highest BCUT2D eigenvalue weighted by atomic mass is 79.9. The average molecular weight is 284 g/mol. The standard InChI is InChI=1S/C12H14BrNO2/c1-3-16-12(15)11-7-14(11)10-5-4-9(13)6-8(10)2/h4-6,11H,3,7H2,1-2H3. The molecule has 0 N–H and O–H groups in total. The van der Waals surface area contributed by atoms with Crippen molar-refractivity contribution < 1.29 is 9.53 Å². The first-order chi connectivity index (χ1) is 7.63. The molecule has 1 aliphatic rings. The number of rotatable bonds is 3. The normalized spacial score (nSPS) is 18.4. The third-order valence-corrected chi connectivity index (χ3v) is 3.13. The van der Waals surface area contributed by atoms with Gasteiger partial charge in [0.25, 0.3) is 0 Å². The number of aryl methyl sites for hydroxylation is 1. The lowest BCUT2D eigenvalue weighted by atomic mass is 10.2. The van der Waals surface area contributed by atoms with Crippen LogP contribution in [-0.2, 0) is 9.53 Å². The van der Waals surface area contributed by atoms with Crippen molar-refractivity contribution in [3.05, 3.63) is 28.2 Å². The van der Waals surface area contributed by atoms with E-state index in [1.165, 1.54) is 5.56 Å². The quantitative estimate of drug-likeness (QED) is 0.631. The van der Waals surface area contributed by atoms with Crippen LogP contribution in [0.5, 0.6) is 0 Å². The minimum atomic E-state index is -0.121. The number of nitrogens with zero attached hydrogens (tertiary/aromatic N) is 1. The van der Waals surface area contributed by atoms with Gasteiger partial charge in [-0.25, -0.2) is 4.79 Å². The van der Waals surface area contributed by atoms with E-state index in [2.05, 4.69) is 26.9 Å². The number of ether oxygens (including phenoxy) is 1. The van der Waals surface area contributed by atoms with Crippen LogP contribution in [0.3, 0.4) is 0 Å². The summed E-state index contributed by atoms with van der Waals surface area (Å²) >= 11 is 3.42. The number of halogens is 1. The van der Waals surface area contributed by atoms with Crippen molar-refractivity contribution in [1.82, 2.24) is 0 Å². The van der Waals surface area contributed by atoms with E-state index in [1.807, 2.05) is 26.0 Å². The molecule has 0 radical (unpaired) electrons. The summed E-state index contributed by atoms with van der Waals surface area (Å²) in [5, 5.41) is 0. The summed E-state index contributed by atoms with van der Waals surface area (Å²) < 4.78 is 6.05. The molecule has 86 valence electrons. The Morgan fingerprint density at radius 3 is 3.00 bits per heavy atom. The maximum absolute atomic E-state index is 11.5.